The van der Waals surface area contributed by atoms with Gasteiger partial charge in [-0.15, -0.1) is 0 Å². The van der Waals surface area contributed by atoms with Crippen molar-refractivity contribution in [1.29, 1.82) is 0 Å². The fourth-order valence-electron chi connectivity index (χ4n) is 4.53. The van der Waals surface area contributed by atoms with Crippen LogP contribution in [0.4, 0.5) is 5.82 Å². The first-order valence-electron chi connectivity index (χ1n) is 11.9. The molecule has 5 rings (SSSR count). The number of carbonyl (C=O) groups is 1. The molecule has 35 heavy (non-hydrogen) atoms. The number of fused-ring (bicyclic) bond motifs is 3. The monoisotopic (exact) mass is 465 g/mol. The molecule has 6 heteroatoms. The quantitative estimate of drug-likeness (QED) is 0.381. The molecule has 3 aromatic carbocycles. The normalized spacial score (nSPS) is 13.0. The van der Waals surface area contributed by atoms with Crippen LogP contribution in [0.1, 0.15) is 46.7 Å². The molecule has 6 nitrogen and oxygen atoms in total. The van der Waals surface area contributed by atoms with Crippen molar-refractivity contribution in [1.82, 2.24) is 9.97 Å². The standard InChI is InChI=1S/C29H27N3O3/c1-2-18-9-6-10-21(15-18)28(35)27-29(31-25(34)16-19-7-4-3-5-8-19)30-24-14-11-20-17-22(33)12-13-23(20)26(24)32-27/h3-10,12-13,15,17,28,33,35H,2,11,14,16H2,1H3,(H,30,31,34). The van der Waals surface area contributed by atoms with Gasteiger partial charge in [-0.1, -0.05) is 61.5 Å². The fourth-order valence-corrected chi connectivity index (χ4v) is 4.53. The van der Waals surface area contributed by atoms with E-state index in [-0.39, 0.29) is 23.9 Å². The van der Waals surface area contributed by atoms with Gasteiger partial charge in [-0.3, -0.25) is 4.79 Å². The van der Waals surface area contributed by atoms with E-state index in [2.05, 4.69) is 12.2 Å². The molecule has 1 unspecified atom stereocenters. The Hall–Kier alpha value is -4.03. The highest BCUT2D eigenvalue weighted by atomic mass is 16.3. The predicted octanol–water partition coefficient (Wildman–Crippen LogP) is 4.77. The van der Waals surface area contributed by atoms with Crippen LogP contribution in [0, 0.1) is 0 Å². The molecule has 1 atom stereocenters. The van der Waals surface area contributed by atoms with Crippen LogP contribution in [0.5, 0.6) is 5.75 Å². The van der Waals surface area contributed by atoms with Gasteiger partial charge in [-0.05, 0) is 59.7 Å². The minimum Gasteiger partial charge on any atom is -0.508 e. The second-order valence-electron chi connectivity index (χ2n) is 8.81. The summed E-state index contributed by atoms with van der Waals surface area (Å²) in [4.78, 5) is 22.6. The number of hydrogen-bond acceptors (Lipinski definition) is 5. The number of phenolic OH excluding ortho intramolecular Hbond substituents is 1. The van der Waals surface area contributed by atoms with Gasteiger partial charge in [0.1, 0.15) is 17.5 Å². The third kappa shape index (κ3) is 4.79. The Morgan fingerprint density at radius 3 is 2.57 bits per heavy atom. The number of nitrogens with one attached hydrogen (secondary N) is 1. The Kier molecular flexibility index (Phi) is 6.29. The molecule has 4 aromatic rings. The number of aliphatic hydroxyl groups is 1. The van der Waals surface area contributed by atoms with Crippen molar-refractivity contribution >= 4 is 11.7 Å². The molecule has 0 spiro atoms. The average molecular weight is 466 g/mol. The Bertz CT molecular complexity index is 1390. The van der Waals surface area contributed by atoms with Crippen LogP contribution in [-0.4, -0.2) is 26.1 Å². The minimum absolute atomic E-state index is 0.197. The number of aromatic hydroxyl groups is 1. The highest BCUT2D eigenvalue weighted by molar-refractivity contribution is 5.92. The first-order valence-corrected chi connectivity index (χ1v) is 11.9. The lowest BCUT2D eigenvalue weighted by molar-refractivity contribution is -0.115. The molecular formula is C29H27N3O3. The number of phenols is 1. The van der Waals surface area contributed by atoms with E-state index in [0.29, 0.717) is 29.8 Å². The molecule has 0 fully saturated rings. The van der Waals surface area contributed by atoms with Gasteiger partial charge in [0, 0.05) is 5.56 Å². The number of aromatic nitrogens is 2. The second-order valence-corrected chi connectivity index (χ2v) is 8.81. The van der Waals surface area contributed by atoms with Gasteiger partial charge >= 0.3 is 0 Å². The van der Waals surface area contributed by atoms with Gasteiger partial charge < -0.3 is 15.5 Å². The predicted molar refractivity (Wildman–Crippen MR) is 135 cm³/mol. The molecule has 0 bridgehead atoms. The van der Waals surface area contributed by atoms with Crippen molar-refractivity contribution in [2.45, 2.75) is 38.7 Å². The van der Waals surface area contributed by atoms with E-state index in [1.807, 2.05) is 60.7 Å². The van der Waals surface area contributed by atoms with E-state index in [1.165, 1.54) is 0 Å². The summed E-state index contributed by atoms with van der Waals surface area (Å²) in [5, 5.41) is 24.2. The van der Waals surface area contributed by atoms with Crippen molar-refractivity contribution in [3.63, 3.8) is 0 Å². The zero-order valence-corrected chi connectivity index (χ0v) is 19.5. The summed E-state index contributed by atoms with van der Waals surface area (Å²) in [7, 11) is 0. The highest BCUT2D eigenvalue weighted by Gasteiger charge is 2.26. The number of carbonyl (C=O) groups excluding carboxylic acids is 1. The number of nitrogens with zero attached hydrogens (tertiary/aromatic N) is 2. The van der Waals surface area contributed by atoms with Gasteiger partial charge in [0.05, 0.1) is 17.8 Å². The van der Waals surface area contributed by atoms with Crippen molar-refractivity contribution in [3.8, 4) is 17.0 Å². The molecule has 176 valence electrons. The first-order chi connectivity index (χ1) is 17.0. The van der Waals surface area contributed by atoms with Crippen LogP contribution in [-0.2, 0) is 30.5 Å². The molecule has 3 N–H and O–H groups in total. The molecule has 0 saturated heterocycles. The maximum atomic E-state index is 12.9. The lowest BCUT2D eigenvalue weighted by atomic mass is 9.91. The molecule has 1 aliphatic rings. The molecule has 1 aromatic heterocycles. The first kappa shape index (κ1) is 22.7. The summed E-state index contributed by atoms with van der Waals surface area (Å²) in [6, 6.07) is 22.4. The molecule has 0 radical (unpaired) electrons. The number of aliphatic hydroxyl groups excluding tert-OH is 1. The molecule has 1 aliphatic carbocycles. The molecule has 1 amide bonds. The molecule has 1 heterocycles. The number of rotatable bonds is 6. The third-order valence-electron chi connectivity index (χ3n) is 6.37. The summed E-state index contributed by atoms with van der Waals surface area (Å²) >= 11 is 0. The zero-order valence-electron chi connectivity index (χ0n) is 19.5. The second kappa shape index (κ2) is 9.68. The Balaban J connectivity index is 1.57. The van der Waals surface area contributed by atoms with Crippen LogP contribution < -0.4 is 5.32 Å². The van der Waals surface area contributed by atoms with E-state index in [0.717, 1.165) is 34.4 Å². The van der Waals surface area contributed by atoms with Gasteiger partial charge in [-0.2, -0.15) is 0 Å². The lowest BCUT2D eigenvalue weighted by Gasteiger charge is -2.23. The van der Waals surface area contributed by atoms with Crippen molar-refractivity contribution in [3.05, 3.63) is 106 Å². The van der Waals surface area contributed by atoms with Crippen molar-refractivity contribution in [2.24, 2.45) is 0 Å². The van der Waals surface area contributed by atoms with Crippen LogP contribution in [0.3, 0.4) is 0 Å². The highest BCUT2D eigenvalue weighted by Crippen LogP contribution is 2.36. The minimum atomic E-state index is -1.06. The Morgan fingerprint density at radius 2 is 1.77 bits per heavy atom. The van der Waals surface area contributed by atoms with E-state index >= 15 is 0 Å². The SMILES string of the molecule is CCc1cccc(C(O)c2nc3c(nc2NC(=O)Cc2ccccc2)CCc2cc(O)ccc2-3)c1. The van der Waals surface area contributed by atoms with E-state index in [9.17, 15) is 15.0 Å². The summed E-state index contributed by atoms with van der Waals surface area (Å²) in [5.74, 6) is 0.269. The largest absolute Gasteiger partial charge is 0.508 e. The number of benzene rings is 3. The van der Waals surface area contributed by atoms with Crippen LogP contribution in [0.15, 0.2) is 72.8 Å². The van der Waals surface area contributed by atoms with Crippen LogP contribution >= 0.6 is 0 Å². The fraction of sp³-hybridized carbons (Fsp3) is 0.207. The third-order valence-corrected chi connectivity index (χ3v) is 6.37. The van der Waals surface area contributed by atoms with E-state index < -0.39 is 6.10 Å². The van der Waals surface area contributed by atoms with Gasteiger partial charge in [-0.25, -0.2) is 9.97 Å². The summed E-state index contributed by atoms with van der Waals surface area (Å²) in [6.45, 7) is 2.06. The zero-order chi connectivity index (χ0) is 24.4. The average Bonchev–Trinajstić information content (AvgIpc) is 2.88. The number of amides is 1. The summed E-state index contributed by atoms with van der Waals surface area (Å²) < 4.78 is 0. The molecular weight excluding hydrogens is 438 g/mol. The molecule has 0 aliphatic heterocycles. The van der Waals surface area contributed by atoms with Crippen molar-refractivity contribution < 1.29 is 15.0 Å². The van der Waals surface area contributed by atoms with Gasteiger partial charge in [0.15, 0.2) is 5.82 Å². The van der Waals surface area contributed by atoms with Crippen molar-refractivity contribution in [2.75, 3.05) is 5.32 Å². The summed E-state index contributed by atoms with van der Waals surface area (Å²) in [6.07, 6.45) is 1.32. The van der Waals surface area contributed by atoms with Crippen LogP contribution in [0.2, 0.25) is 0 Å². The number of aryl methyl sites for hydroxylation is 3. The number of anilines is 1. The van der Waals surface area contributed by atoms with Crippen LogP contribution in [0.25, 0.3) is 11.3 Å². The lowest BCUT2D eigenvalue weighted by Crippen LogP contribution is -2.21. The maximum absolute atomic E-state index is 12.9. The Labute approximate surface area is 204 Å². The maximum Gasteiger partial charge on any atom is 0.229 e. The topological polar surface area (TPSA) is 95.3 Å². The van der Waals surface area contributed by atoms with E-state index in [4.69, 9.17) is 9.97 Å². The van der Waals surface area contributed by atoms with Gasteiger partial charge in [0.2, 0.25) is 5.91 Å². The van der Waals surface area contributed by atoms with Gasteiger partial charge in [0.25, 0.3) is 0 Å². The number of hydrogen-bond donors (Lipinski definition) is 3. The Morgan fingerprint density at radius 1 is 0.971 bits per heavy atom. The smallest absolute Gasteiger partial charge is 0.229 e. The van der Waals surface area contributed by atoms with E-state index in [1.54, 1.807) is 12.1 Å². The molecule has 0 saturated carbocycles. The summed E-state index contributed by atoms with van der Waals surface area (Å²) in [5.41, 5.74) is 6.30.